The summed E-state index contributed by atoms with van der Waals surface area (Å²) in [6.45, 7) is 2.03. The molecule has 0 aromatic carbocycles. The van der Waals surface area contributed by atoms with E-state index in [9.17, 15) is 4.79 Å². The van der Waals surface area contributed by atoms with Gasteiger partial charge in [0, 0.05) is 6.42 Å². The fourth-order valence-corrected chi connectivity index (χ4v) is 0.410. The summed E-state index contributed by atoms with van der Waals surface area (Å²) in [5, 5.41) is 0. The highest BCUT2D eigenvalue weighted by Crippen LogP contribution is 1.91. The predicted molar refractivity (Wildman–Crippen MR) is 46.0 cm³/mol. The first-order chi connectivity index (χ1) is 5.81. The lowest BCUT2D eigenvalue weighted by Gasteiger charge is -1.93. The first kappa shape index (κ1) is 14.8. The third-order valence-corrected chi connectivity index (χ3v) is 0.918. The SMILES string of the molecule is CCCCC(=O)NN.O=S(=O)(O)O. The molecule has 0 bridgehead atoms. The number of unbranched alkanes of at least 4 members (excludes halogenated alkanes) is 1. The van der Waals surface area contributed by atoms with E-state index in [1.165, 1.54) is 0 Å². The molecule has 0 heterocycles. The molecule has 1 amide bonds. The molecule has 0 aliphatic heterocycles. The van der Waals surface area contributed by atoms with Gasteiger partial charge < -0.3 is 0 Å². The van der Waals surface area contributed by atoms with Crippen molar-refractivity contribution in [3.05, 3.63) is 0 Å². The fraction of sp³-hybridized carbons (Fsp3) is 0.800. The van der Waals surface area contributed by atoms with Crippen molar-refractivity contribution in [3.8, 4) is 0 Å². The quantitative estimate of drug-likeness (QED) is 0.217. The van der Waals surface area contributed by atoms with Crippen LogP contribution < -0.4 is 11.3 Å². The van der Waals surface area contributed by atoms with E-state index in [0.29, 0.717) is 6.42 Å². The van der Waals surface area contributed by atoms with Gasteiger partial charge in [0.1, 0.15) is 0 Å². The van der Waals surface area contributed by atoms with Crippen LogP contribution in [0.2, 0.25) is 0 Å². The standard InChI is InChI=1S/C5H12N2O.H2O4S/c1-2-3-4-5(8)7-6;1-5(2,3)4/h2-4,6H2,1H3,(H,7,8);(H2,1,2,3,4). The number of hydrazine groups is 1. The zero-order valence-electron chi connectivity index (χ0n) is 7.23. The summed E-state index contributed by atoms with van der Waals surface area (Å²) in [4.78, 5) is 10.3. The molecule has 0 aromatic rings. The van der Waals surface area contributed by atoms with Crippen LogP contribution in [0.25, 0.3) is 0 Å². The largest absolute Gasteiger partial charge is 0.394 e. The molecule has 0 atom stereocenters. The molecule has 0 saturated heterocycles. The van der Waals surface area contributed by atoms with Crippen molar-refractivity contribution in [2.45, 2.75) is 26.2 Å². The molecule has 0 fully saturated rings. The lowest BCUT2D eigenvalue weighted by atomic mass is 10.2. The molecule has 5 N–H and O–H groups in total. The second kappa shape index (κ2) is 7.92. The maximum Gasteiger partial charge on any atom is 0.394 e. The Kier molecular flexibility index (Phi) is 9.02. The molecule has 0 aromatic heterocycles. The minimum atomic E-state index is -4.67. The zero-order valence-corrected chi connectivity index (χ0v) is 8.04. The molecular formula is C5H14N2O5S. The van der Waals surface area contributed by atoms with E-state index < -0.39 is 10.4 Å². The van der Waals surface area contributed by atoms with Crippen LogP contribution in [0.4, 0.5) is 0 Å². The number of carbonyl (C=O) groups excluding carboxylic acids is 1. The molecule has 0 unspecified atom stereocenters. The molecule has 8 heteroatoms. The number of hydrogen-bond acceptors (Lipinski definition) is 4. The van der Waals surface area contributed by atoms with Crippen LogP contribution in [-0.2, 0) is 15.2 Å². The Morgan fingerprint density at radius 2 is 1.85 bits per heavy atom. The summed E-state index contributed by atoms with van der Waals surface area (Å²) < 4.78 is 31.6. The Morgan fingerprint density at radius 3 is 2.08 bits per heavy atom. The van der Waals surface area contributed by atoms with Gasteiger partial charge in [0.15, 0.2) is 0 Å². The van der Waals surface area contributed by atoms with Crippen LogP contribution in [0.1, 0.15) is 26.2 Å². The van der Waals surface area contributed by atoms with Gasteiger partial charge in [0.05, 0.1) is 0 Å². The van der Waals surface area contributed by atoms with Crippen LogP contribution in [0.3, 0.4) is 0 Å². The Balaban J connectivity index is 0. The molecule has 0 rings (SSSR count). The molecule has 0 aliphatic rings. The van der Waals surface area contributed by atoms with E-state index in [1.807, 2.05) is 6.92 Å². The Hall–Kier alpha value is -0.700. The normalized spacial score (nSPS) is 9.85. The fourth-order valence-electron chi connectivity index (χ4n) is 0.410. The third-order valence-electron chi connectivity index (χ3n) is 0.918. The van der Waals surface area contributed by atoms with Crippen LogP contribution >= 0.6 is 0 Å². The highest BCUT2D eigenvalue weighted by atomic mass is 32.3. The Labute approximate surface area is 76.9 Å². The number of nitrogens with one attached hydrogen (secondary N) is 1. The van der Waals surface area contributed by atoms with Crippen LogP contribution in [-0.4, -0.2) is 23.4 Å². The minimum absolute atomic E-state index is 0.0770. The first-order valence-electron chi connectivity index (χ1n) is 3.50. The van der Waals surface area contributed by atoms with Gasteiger partial charge >= 0.3 is 10.4 Å². The monoisotopic (exact) mass is 214 g/mol. The Bertz CT molecular complexity index is 217. The zero-order chi connectivity index (χ0) is 10.9. The summed E-state index contributed by atoms with van der Waals surface area (Å²) in [6.07, 6.45) is 2.50. The number of hydrogen-bond donors (Lipinski definition) is 4. The first-order valence-corrected chi connectivity index (χ1v) is 4.90. The van der Waals surface area contributed by atoms with E-state index in [0.717, 1.165) is 12.8 Å². The third kappa shape index (κ3) is 34.8. The van der Waals surface area contributed by atoms with Crippen LogP contribution in [0.5, 0.6) is 0 Å². The summed E-state index contributed by atoms with van der Waals surface area (Å²) in [5.41, 5.74) is 2.06. The van der Waals surface area contributed by atoms with Crippen molar-refractivity contribution >= 4 is 16.3 Å². The molecule has 0 spiro atoms. The van der Waals surface area contributed by atoms with Gasteiger partial charge in [-0.2, -0.15) is 8.42 Å². The van der Waals surface area contributed by atoms with Gasteiger partial charge in [-0.15, -0.1) is 0 Å². The number of amides is 1. The van der Waals surface area contributed by atoms with E-state index >= 15 is 0 Å². The van der Waals surface area contributed by atoms with Crippen molar-refractivity contribution in [2.24, 2.45) is 5.84 Å². The lowest BCUT2D eigenvalue weighted by molar-refractivity contribution is -0.121. The molecular weight excluding hydrogens is 200 g/mol. The second-order valence-electron chi connectivity index (χ2n) is 2.12. The van der Waals surface area contributed by atoms with Crippen molar-refractivity contribution in [1.82, 2.24) is 5.43 Å². The maximum absolute atomic E-state index is 10.3. The number of rotatable bonds is 3. The lowest BCUT2D eigenvalue weighted by Crippen LogP contribution is -2.29. The summed E-state index contributed by atoms with van der Waals surface area (Å²) in [7, 11) is -4.67. The van der Waals surface area contributed by atoms with Crippen molar-refractivity contribution < 1.29 is 22.3 Å². The van der Waals surface area contributed by atoms with Crippen molar-refractivity contribution in [1.29, 1.82) is 0 Å². The van der Waals surface area contributed by atoms with Gasteiger partial charge in [-0.05, 0) is 6.42 Å². The van der Waals surface area contributed by atoms with Gasteiger partial charge in [0.25, 0.3) is 0 Å². The highest BCUT2D eigenvalue weighted by molar-refractivity contribution is 7.79. The van der Waals surface area contributed by atoms with Crippen LogP contribution in [0.15, 0.2) is 0 Å². The predicted octanol–water partition coefficient (Wildman–Crippen LogP) is -0.486. The molecule has 0 radical (unpaired) electrons. The van der Waals surface area contributed by atoms with E-state index in [-0.39, 0.29) is 5.91 Å². The molecule has 0 saturated carbocycles. The van der Waals surface area contributed by atoms with Gasteiger partial charge in [-0.1, -0.05) is 13.3 Å². The topological polar surface area (TPSA) is 130 Å². The number of nitrogens with two attached hydrogens (primary N) is 1. The second-order valence-corrected chi connectivity index (χ2v) is 3.01. The van der Waals surface area contributed by atoms with E-state index in [1.54, 1.807) is 0 Å². The summed E-state index contributed by atoms with van der Waals surface area (Å²) in [5.74, 6) is 4.74. The van der Waals surface area contributed by atoms with Gasteiger partial charge in [-0.3, -0.25) is 19.3 Å². The van der Waals surface area contributed by atoms with Crippen molar-refractivity contribution in [3.63, 3.8) is 0 Å². The molecule has 13 heavy (non-hydrogen) atoms. The smallest absolute Gasteiger partial charge is 0.294 e. The molecule has 0 aliphatic carbocycles. The van der Waals surface area contributed by atoms with Crippen LogP contribution in [0, 0.1) is 0 Å². The molecule has 80 valence electrons. The van der Waals surface area contributed by atoms with Gasteiger partial charge in [0.2, 0.25) is 5.91 Å². The van der Waals surface area contributed by atoms with Crippen molar-refractivity contribution in [2.75, 3.05) is 0 Å². The van der Waals surface area contributed by atoms with Gasteiger partial charge in [-0.25, -0.2) is 5.84 Å². The average Bonchev–Trinajstić information content (AvgIpc) is 1.97. The van der Waals surface area contributed by atoms with E-state index in [4.69, 9.17) is 23.4 Å². The Morgan fingerprint density at radius 1 is 1.46 bits per heavy atom. The molecule has 7 nitrogen and oxygen atoms in total. The minimum Gasteiger partial charge on any atom is -0.294 e. The summed E-state index contributed by atoms with van der Waals surface area (Å²) in [6, 6.07) is 0. The number of carbonyl (C=O) groups is 1. The van der Waals surface area contributed by atoms with E-state index in [2.05, 4.69) is 5.43 Å². The highest BCUT2D eigenvalue weighted by Gasteiger charge is 1.93. The maximum atomic E-state index is 10.3. The average molecular weight is 214 g/mol. The summed E-state index contributed by atoms with van der Waals surface area (Å²) >= 11 is 0.